The van der Waals surface area contributed by atoms with E-state index >= 15 is 0 Å². The predicted octanol–water partition coefficient (Wildman–Crippen LogP) is 4.55. The number of nitrogens with one attached hydrogen (secondary N) is 1. The molecule has 1 aliphatic rings. The summed E-state index contributed by atoms with van der Waals surface area (Å²) in [5.41, 5.74) is 0.933. The Morgan fingerprint density at radius 2 is 1.79 bits per heavy atom. The molecule has 1 aliphatic carbocycles. The molecule has 1 fully saturated rings. The van der Waals surface area contributed by atoms with Crippen molar-refractivity contribution in [1.29, 1.82) is 0 Å². The molecule has 28 heavy (non-hydrogen) atoms. The molecule has 0 radical (unpaired) electrons. The lowest BCUT2D eigenvalue weighted by Crippen LogP contribution is -2.41. The Kier molecular flexibility index (Phi) is 5.44. The van der Waals surface area contributed by atoms with Crippen molar-refractivity contribution in [2.75, 3.05) is 0 Å². The first-order valence-electron chi connectivity index (χ1n) is 9.67. The third-order valence-corrected chi connectivity index (χ3v) is 5.69. The van der Waals surface area contributed by atoms with Crippen molar-refractivity contribution in [2.45, 2.75) is 44.7 Å². The number of benzene rings is 2. The minimum Gasteiger partial charge on any atom is -0.328 e. The van der Waals surface area contributed by atoms with E-state index in [9.17, 15) is 9.59 Å². The number of nitrogens with zero attached hydrogens (tertiary/aromatic N) is 2. The van der Waals surface area contributed by atoms with Gasteiger partial charge in [-0.3, -0.25) is 9.59 Å². The van der Waals surface area contributed by atoms with Crippen LogP contribution < -0.4 is 5.56 Å². The fraction of sp³-hybridized carbons (Fsp3) is 0.318. The van der Waals surface area contributed by atoms with Crippen LogP contribution in [0.4, 0.5) is 0 Å². The summed E-state index contributed by atoms with van der Waals surface area (Å²) < 4.78 is 0. The molecule has 1 saturated carbocycles. The normalized spacial score (nSPS) is 14.9. The number of para-hydroxylation sites is 1. The van der Waals surface area contributed by atoms with E-state index in [1.165, 1.54) is 6.42 Å². The molecule has 0 bridgehead atoms. The molecule has 0 saturated heterocycles. The summed E-state index contributed by atoms with van der Waals surface area (Å²) in [4.78, 5) is 35.0. The number of carbonyl (C=O) groups is 1. The fourth-order valence-corrected chi connectivity index (χ4v) is 4.14. The van der Waals surface area contributed by atoms with Crippen molar-refractivity contribution in [3.05, 3.63) is 75.3 Å². The lowest BCUT2D eigenvalue weighted by Gasteiger charge is -2.34. The summed E-state index contributed by atoms with van der Waals surface area (Å²) in [7, 11) is 0. The molecule has 1 amide bonds. The van der Waals surface area contributed by atoms with Gasteiger partial charge in [0.15, 0.2) is 0 Å². The highest BCUT2D eigenvalue weighted by atomic mass is 35.5. The maximum Gasteiger partial charge on any atom is 0.258 e. The van der Waals surface area contributed by atoms with E-state index in [1.807, 2.05) is 35.2 Å². The molecule has 1 heterocycles. The highest BCUT2D eigenvalue weighted by Crippen LogP contribution is 2.27. The summed E-state index contributed by atoms with van der Waals surface area (Å²) in [6, 6.07) is 14.4. The van der Waals surface area contributed by atoms with Crippen molar-refractivity contribution in [2.24, 2.45) is 0 Å². The Morgan fingerprint density at radius 1 is 1.07 bits per heavy atom. The topological polar surface area (TPSA) is 66.1 Å². The van der Waals surface area contributed by atoms with Crippen LogP contribution in [-0.4, -0.2) is 26.8 Å². The van der Waals surface area contributed by atoms with Crippen LogP contribution in [0.15, 0.2) is 53.3 Å². The zero-order valence-electron chi connectivity index (χ0n) is 15.5. The van der Waals surface area contributed by atoms with Gasteiger partial charge in [0.1, 0.15) is 5.82 Å². The number of hydrogen-bond acceptors (Lipinski definition) is 3. The molecule has 0 unspecified atom stereocenters. The van der Waals surface area contributed by atoms with E-state index < -0.39 is 0 Å². The summed E-state index contributed by atoms with van der Waals surface area (Å²) in [6.07, 6.45) is 5.29. The molecular formula is C22H22ClN3O2. The number of rotatable bonds is 4. The maximum absolute atomic E-state index is 13.3. The highest BCUT2D eigenvalue weighted by molar-refractivity contribution is 6.33. The molecular weight excluding hydrogens is 374 g/mol. The van der Waals surface area contributed by atoms with E-state index in [0.29, 0.717) is 27.3 Å². The van der Waals surface area contributed by atoms with Gasteiger partial charge >= 0.3 is 0 Å². The van der Waals surface area contributed by atoms with Gasteiger partial charge in [-0.15, -0.1) is 0 Å². The van der Waals surface area contributed by atoms with Crippen LogP contribution in [0, 0.1) is 0 Å². The second-order valence-electron chi connectivity index (χ2n) is 7.23. The minimum absolute atomic E-state index is 0.117. The SMILES string of the molecule is O=C(c1ccccc1Cl)N(Cc1nc2ccccc2c(=O)[nH]1)C1CCCCC1. The number of aromatic nitrogens is 2. The maximum atomic E-state index is 13.3. The largest absolute Gasteiger partial charge is 0.328 e. The quantitative estimate of drug-likeness (QED) is 0.704. The molecule has 3 aromatic rings. The van der Waals surface area contributed by atoms with Gasteiger partial charge in [-0.1, -0.05) is 55.1 Å². The lowest BCUT2D eigenvalue weighted by atomic mass is 9.93. The van der Waals surface area contributed by atoms with Crippen molar-refractivity contribution < 1.29 is 4.79 Å². The van der Waals surface area contributed by atoms with Gasteiger partial charge < -0.3 is 9.88 Å². The summed E-state index contributed by atoms with van der Waals surface area (Å²) >= 11 is 6.29. The number of halogens is 1. The van der Waals surface area contributed by atoms with E-state index in [0.717, 1.165) is 25.7 Å². The zero-order chi connectivity index (χ0) is 19.5. The van der Waals surface area contributed by atoms with Gasteiger partial charge in [-0.2, -0.15) is 0 Å². The molecule has 0 atom stereocenters. The molecule has 6 heteroatoms. The standard InChI is InChI=1S/C22H22ClN3O2/c23-18-12-6-4-10-16(18)22(28)26(15-8-2-1-3-9-15)14-20-24-19-13-7-5-11-17(19)21(27)25-20/h4-7,10-13,15H,1-3,8-9,14H2,(H,24,25,27). The summed E-state index contributed by atoms with van der Waals surface area (Å²) in [5.74, 6) is 0.378. The number of hydrogen-bond donors (Lipinski definition) is 1. The third kappa shape index (κ3) is 3.80. The first-order valence-corrected chi connectivity index (χ1v) is 10.0. The van der Waals surface area contributed by atoms with Crippen molar-refractivity contribution in [3.8, 4) is 0 Å². The Balaban J connectivity index is 1.71. The minimum atomic E-state index is -0.186. The summed E-state index contributed by atoms with van der Waals surface area (Å²) in [5, 5.41) is 0.987. The predicted molar refractivity (Wildman–Crippen MR) is 111 cm³/mol. The van der Waals surface area contributed by atoms with Gasteiger partial charge in [0, 0.05) is 6.04 Å². The van der Waals surface area contributed by atoms with Crippen LogP contribution >= 0.6 is 11.6 Å². The Labute approximate surface area is 168 Å². The molecule has 4 rings (SSSR count). The lowest BCUT2D eigenvalue weighted by molar-refractivity contribution is 0.0608. The number of fused-ring (bicyclic) bond motifs is 1. The van der Waals surface area contributed by atoms with E-state index in [4.69, 9.17) is 11.6 Å². The average molecular weight is 396 g/mol. The summed E-state index contributed by atoms with van der Waals surface area (Å²) in [6.45, 7) is 0.259. The van der Waals surface area contributed by atoms with Crippen LogP contribution in [-0.2, 0) is 6.54 Å². The number of H-pyrrole nitrogens is 1. The molecule has 1 aromatic heterocycles. The van der Waals surface area contributed by atoms with E-state index in [1.54, 1.807) is 18.2 Å². The fourth-order valence-electron chi connectivity index (χ4n) is 3.92. The molecule has 144 valence electrons. The molecule has 5 nitrogen and oxygen atoms in total. The van der Waals surface area contributed by atoms with Gasteiger partial charge in [0.2, 0.25) is 0 Å². The van der Waals surface area contributed by atoms with Gasteiger partial charge in [-0.25, -0.2) is 4.98 Å². The van der Waals surface area contributed by atoms with Crippen LogP contribution in [0.5, 0.6) is 0 Å². The van der Waals surface area contributed by atoms with Crippen LogP contribution in [0.25, 0.3) is 10.9 Å². The first-order chi connectivity index (χ1) is 13.6. The molecule has 1 N–H and O–H groups in total. The average Bonchev–Trinajstić information content (AvgIpc) is 2.73. The number of amides is 1. The second-order valence-corrected chi connectivity index (χ2v) is 7.64. The van der Waals surface area contributed by atoms with Crippen LogP contribution in [0.1, 0.15) is 48.3 Å². The van der Waals surface area contributed by atoms with Gasteiger partial charge in [-0.05, 0) is 37.1 Å². The molecule has 2 aromatic carbocycles. The van der Waals surface area contributed by atoms with Gasteiger partial charge in [0.05, 0.1) is 28.0 Å². The highest BCUT2D eigenvalue weighted by Gasteiger charge is 2.28. The monoisotopic (exact) mass is 395 g/mol. The van der Waals surface area contributed by atoms with Crippen LogP contribution in [0.2, 0.25) is 5.02 Å². The zero-order valence-corrected chi connectivity index (χ0v) is 16.3. The van der Waals surface area contributed by atoms with Crippen LogP contribution in [0.3, 0.4) is 0 Å². The van der Waals surface area contributed by atoms with E-state index in [2.05, 4.69) is 9.97 Å². The number of carbonyl (C=O) groups excluding carboxylic acids is 1. The Bertz CT molecular complexity index is 1060. The van der Waals surface area contributed by atoms with Crippen molar-refractivity contribution in [3.63, 3.8) is 0 Å². The Hall–Kier alpha value is -2.66. The Morgan fingerprint density at radius 3 is 2.57 bits per heavy atom. The van der Waals surface area contributed by atoms with Crippen molar-refractivity contribution >= 4 is 28.4 Å². The smallest absolute Gasteiger partial charge is 0.258 e. The number of aromatic amines is 1. The molecule has 0 spiro atoms. The van der Waals surface area contributed by atoms with E-state index in [-0.39, 0.29) is 24.1 Å². The molecule has 0 aliphatic heterocycles. The second kappa shape index (κ2) is 8.15. The first kappa shape index (κ1) is 18.7. The van der Waals surface area contributed by atoms with Crippen molar-refractivity contribution in [1.82, 2.24) is 14.9 Å². The van der Waals surface area contributed by atoms with Gasteiger partial charge in [0.25, 0.3) is 11.5 Å². The third-order valence-electron chi connectivity index (χ3n) is 5.36.